The first-order valence-electron chi connectivity index (χ1n) is 7.04. The van der Waals surface area contributed by atoms with Gasteiger partial charge in [0.2, 0.25) is 0 Å². The van der Waals surface area contributed by atoms with Crippen molar-refractivity contribution in [2.75, 3.05) is 27.2 Å². The molecule has 108 valence electrons. The first kappa shape index (κ1) is 16.2. The van der Waals surface area contributed by atoms with Crippen molar-refractivity contribution in [3.05, 3.63) is 34.9 Å². The molecule has 0 aliphatic carbocycles. The maximum atomic E-state index is 9.38. The van der Waals surface area contributed by atoms with E-state index in [1.807, 2.05) is 14.0 Å². The number of aliphatic hydroxyl groups excluding tert-OH is 1. The van der Waals surface area contributed by atoms with Crippen molar-refractivity contribution in [1.82, 2.24) is 10.2 Å². The molecular weight excluding hydrogens is 236 g/mol. The van der Waals surface area contributed by atoms with Crippen molar-refractivity contribution in [2.45, 2.75) is 39.3 Å². The minimum Gasteiger partial charge on any atom is -0.392 e. The van der Waals surface area contributed by atoms with Crippen LogP contribution < -0.4 is 5.32 Å². The quantitative estimate of drug-likeness (QED) is 0.793. The number of aliphatic hydroxyl groups is 1. The van der Waals surface area contributed by atoms with E-state index in [0.717, 1.165) is 19.5 Å². The zero-order chi connectivity index (χ0) is 14.4. The van der Waals surface area contributed by atoms with Crippen LogP contribution in [-0.2, 0) is 0 Å². The lowest BCUT2D eigenvalue weighted by Gasteiger charge is -2.23. The molecule has 1 rings (SSSR count). The summed E-state index contributed by atoms with van der Waals surface area (Å²) in [6, 6.07) is 7.08. The Balaban J connectivity index is 2.62. The first-order chi connectivity index (χ1) is 8.92. The van der Waals surface area contributed by atoms with Gasteiger partial charge in [-0.25, -0.2) is 0 Å². The molecule has 0 aliphatic heterocycles. The summed E-state index contributed by atoms with van der Waals surface area (Å²) in [5, 5.41) is 12.8. The average molecular weight is 264 g/mol. The lowest BCUT2D eigenvalue weighted by Crippen LogP contribution is -2.30. The molecular formula is C16H28N2O. The molecule has 0 radical (unpaired) electrons. The number of likely N-dealkylation sites (N-methyl/N-ethyl adjacent to an activating group) is 1. The molecule has 0 amide bonds. The molecule has 1 aromatic rings. The smallest absolute Gasteiger partial charge is 0.0638 e. The number of aryl methyl sites for hydroxylation is 2. The van der Waals surface area contributed by atoms with Gasteiger partial charge in [-0.15, -0.1) is 0 Å². The molecule has 0 saturated carbocycles. The molecule has 2 unspecified atom stereocenters. The molecule has 2 atom stereocenters. The highest BCUT2D eigenvalue weighted by Crippen LogP contribution is 2.19. The normalized spacial score (nSPS) is 14.7. The second-order valence-electron chi connectivity index (χ2n) is 5.66. The van der Waals surface area contributed by atoms with Gasteiger partial charge in [0.05, 0.1) is 6.10 Å². The van der Waals surface area contributed by atoms with Gasteiger partial charge in [-0.05, 0) is 53.4 Å². The maximum absolute atomic E-state index is 9.38. The van der Waals surface area contributed by atoms with Crippen molar-refractivity contribution in [3.8, 4) is 0 Å². The highest BCUT2D eigenvalue weighted by molar-refractivity contribution is 5.30. The van der Waals surface area contributed by atoms with Gasteiger partial charge in [0, 0.05) is 12.6 Å². The summed E-state index contributed by atoms with van der Waals surface area (Å²) in [7, 11) is 4.07. The van der Waals surface area contributed by atoms with Crippen molar-refractivity contribution in [2.24, 2.45) is 0 Å². The standard InChI is InChI=1S/C16H28N2O/c1-12-8-13(2)10-15(9-12)16(17-4)6-7-18(5)11-14(3)19/h8-10,14,16-17,19H,6-7,11H2,1-5H3. The SMILES string of the molecule is CNC(CCN(C)CC(C)O)c1cc(C)cc(C)c1. The number of rotatable bonds is 7. The Morgan fingerprint density at radius 1 is 1.21 bits per heavy atom. The predicted molar refractivity (Wildman–Crippen MR) is 81.5 cm³/mol. The lowest BCUT2D eigenvalue weighted by molar-refractivity contribution is 0.139. The van der Waals surface area contributed by atoms with E-state index < -0.39 is 0 Å². The van der Waals surface area contributed by atoms with Gasteiger partial charge in [0.15, 0.2) is 0 Å². The van der Waals surface area contributed by atoms with Gasteiger partial charge in [0.25, 0.3) is 0 Å². The summed E-state index contributed by atoms with van der Waals surface area (Å²) in [5.41, 5.74) is 3.98. The van der Waals surface area contributed by atoms with E-state index in [4.69, 9.17) is 0 Å². The minimum atomic E-state index is -0.265. The number of benzene rings is 1. The summed E-state index contributed by atoms with van der Waals surface area (Å²) in [4.78, 5) is 2.18. The second kappa shape index (κ2) is 7.63. The maximum Gasteiger partial charge on any atom is 0.0638 e. The van der Waals surface area contributed by atoms with Gasteiger partial charge in [-0.2, -0.15) is 0 Å². The Morgan fingerprint density at radius 2 is 1.79 bits per heavy atom. The largest absolute Gasteiger partial charge is 0.392 e. The van der Waals surface area contributed by atoms with Crippen LogP contribution in [0, 0.1) is 13.8 Å². The van der Waals surface area contributed by atoms with Crippen LogP contribution in [0.5, 0.6) is 0 Å². The number of hydrogen-bond acceptors (Lipinski definition) is 3. The minimum absolute atomic E-state index is 0.265. The molecule has 2 N–H and O–H groups in total. The summed E-state index contributed by atoms with van der Waals surface area (Å²) < 4.78 is 0. The predicted octanol–water partition coefficient (Wildman–Crippen LogP) is 2.27. The van der Waals surface area contributed by atoms with Gasteiger partial charge in [-0.3, -0.25) is 0 Å². The van der Waals surface area contributed by atoms with Crippen LogP contribution in [0.2, 0.25) is 0 Å². The van der Waals surface area contributed by atoms with Crippen LogP contribution >= 0.6 is 0 Å². The molecule has 0 aliphatic rings. The third kappa shape index (κ3) is 5.72. The summed E-state index contributed by atoms with van der Waals surface area (Å²) >= 11 is 0. The highest BCUT2D eigenvalue weighted by atomic mass is 16.3. The van der Waals surface area contributed by atoms with E-state index in [-0.39, 0.29) is 6.10 Å². The van der Waals surface area contributed by atoms with E-state index in [9.17, 15) is 5.11 Å². The molecule has 0 heterocycles. The van der Waals surface area contributed by atoms with Crippen LogP contribution in [0.1, 0.15) is 36.1 Å². The molecule has 0 bridgehead atoms. The van der Waals surface area contributed by atoms with Crippen molar-refractivity contribution in [3.63, 3.8) is 0 Å². The Labute approximate surface area is 117 Å². The van der Waals surface area contributed by atoms with Crippen LogP contribution in [0.25, 0.3) is 0 Å². The van der Waals surface area contributed by atoms with Gasteiger partial charge in [0.1, 0.15) is 0 Å². The van der Waals surface area contributed by atoms with Gasteiger partial charge in [-0.1, -0.05) is 29.3 Å². The molecule has 3 nitrogen and oxygen atoms in total. The van der Waals surface area contributed by atoms with E-state index >= 15 is 0 Å². The topological polar surface area (TPSA) is 35.5 Å². The van der Waals surface area contributed by atoms with Crippen molar-refractivity contribution < 1.29 is 5.11 Å². The monoisotopic (exact) mass is 264 g/mol. The molecule has 0 aromatic heterocycles. The zero-order valence-electron chi connectivity index (χ0n) is 12.9. The summed E-state index contributed by atoms with van der Waals surface area (Å²) in [6.07, 6.45) is 0.780. The van der Waals surface area contributed by atoms with E-state index in [1.165, 1.54) is 16.7 Å². The van der Waals surface area contributed by atoms with E-state index in [2.05, 4.69) is 49.3 Å². The third-order valence-corrected chi connectivity index (χ3v) is 3.37. The van der Waals surface area contributed by atoms with Crippen LogP contribution in [0.4, 0.5) is 0 Å². The van der Waals surface area contributed by atoms with E-state index in [0.29, 0.717) is 6.04 Å². The highest BCUT2D eigenvalue weighted by Gasteiger charge is 2.12. The lowest BCUT2D eigenvalue weighted by atomic mass is 9.99. The Kier molecular flexibility index (Phi) is 6.49. The summed E-state index contributed by atoms with van der Waals surface area (Å²) in [5.74, 6) is 0. The molecule has 19 heavy (non-hydrogen) atoms. The van der Waals surface area contributed by atoms with Gasteiger partial charge >= 0.3 is 0 Å². The van der Waals surface area contributed by atoms with Crippen LogP contribution in [0.15, 0.2) is 18.2 Å². The first-order valence-corrected chi connectivity index (χ1v) is 7.04. The zero-order valence-corrected chi connectivity index (χ0v) is 12.9. The second-order valence-corrected chi connectivity index (χ2v) is 5.66. The van der Waals surface area contributed by atoms with Gasteiger partial charge < -0.3 is 15.3 Å². The van der Waals surface area contributed by atoms with Crippen molar-refractivity contribution in [1.29, 1.82) is 0 Å². The molecule has 0 spiro atoms. The van der Waals surface area contributed by atoms with Crippen LogP contribution in [-0.4, -0.2) is 43.3 Å². The number of nitrogens with zero attached hydrogens (tertiary/aromatic N) is 1. The Bertz CT molecular complexity index is 370. The third-order valence-electron chi connectivity index (χ3n) is 3.37. The van der Waals surface area contributed by atoms with E-state index in [1.54, 1.807) is 0 Å². The Hall–Kier alpha value is -0.900. The molecule has 0 fully saturated rings. The number of hydrogen-bond donors (Lipinski definition) is 2. The number of nitrogens with one attached hydrogen (secondary N) is 1. The fraction of sp³-hybridized carbons (Fsp3) is 0.625. The average Bonchev–Trinajstić information content (AvgIpc) is 2.27. The van der Waals surface area contributed by atoms with Crippen molar-refractivity contribution >= 4 is 0 Å². The fourth-order valence-corrected chi connectivity index (χ4v) is 2.58. The fourth-order valence-electron chi connectivity index (χ4n) is 2.58. The molecule has 1 aromatic carbocycles. The summed E-state index contributed by atoms with van der Waals surface area (Å²) in [6.45, 7) is 7.81. The Morgan fingerprint density at radius 3 is 2.26 bits per heavy atom. The molecule has 0 saturated heterocycles. The molecule has 3 heteroatoms. The van der Waals surface area contributed by atoms with Crippen LogP contribution in [0.3, 0.4) is 0 Å².